The van der Waals surface area contributed by atoms with Gasteiger partial charge in [-0.15, -0.1) is 11.3 Å². The van der Waals surface area contributed by atoms with Crippen LogP contribution in [-0.4, -0.2) is 21.6 Å². The number of thioether (sulfide) groups is 1. The maximum absolute atomic E-state index is 12.4. The summed E-state index contributed by atoms with van der Waals surface area (Å²) in [5.41, 5.74) is 1.97. The fourth-order valence-electron chi connectivity index (χ4n) is 2.67. The number of hydrogen-bond donors (Lipinski definition) is 1. The summed E-state index contributed by atoms with van der Waals surface area (Å²) in [6.45, 7) is 0. The molecule has 4 rings (SSSR count). The molecule has 0 radical (unpaired) electrons. The molecule has 1 N–H and O–H groups in total. The molecule has 7 heteroatoms. The number of hydrogen-bond acceptors (Lipinski definition) is 6. The molecule has 0 spiro atoms. The molecule has 0 saturated heterocycles. The fourth-order valence-corrected chi connectivity index (χ4v) is 4.15. The van der Waals surface area contributed by atoms with E-state index < -0.39 is 0 Å². The molecule has 0 bridgehead atoms. The van der Waals surface area contributed by atoms with Gasteiger partial charge in [0, 0.05) is 11.1 Å². The molecule has 0 aliphatic rings. The van der Waals surface area contributed by atoms with E-state index in [1.807, 2.05) is 41.8 Å². The van der Waals surface area contributed by atoms with Gasteiger partial charge in [-0.05, 0) is 35.7 Å². The second-order valence-corrected chi connectivity index (χ2v) is 7.79. The molecule has 2 heterocycles. The van der Waals surface area contributed by atoms with Crippen LogP contribution in [0.4, 0.5) is 5.69 Å². The second kappa shape index (κ2) is 8.21. The van der Waals surface area contributed by atoms with Gasteiger partial charge in [-0.1, -0.05) is 42.1 Å². The summed E-state index contributed by atoms with van der Waals surface area (Å²) in [5, 5.41) is 15.5. The first kappa shape index (κ1) is 18.2. The zero-order valence-electron chi connectivity index (χ0n) is 14.6. The SMILES string of the molecule is N#Cc1cccc(NC(=O)CSc2nc(-c3cccs3)nc3ccccc23)c1. The third-order valence-electron chi connectivity index (χ3n) is 3.93. The molecule has 5 nitrogen and oxygen atoms in total. The average Bonchev–Trinajstić information content (AvgIpc) is 3.27. The van der Waals surface area contributed by atoms with Gasteiger partial charge in [-0.2, -0.15) is 5.26 Å². The summed E-state index contributed by atoms with van der Waals surface area (Å²) in [4.78, 5) is 22.7. The van der Waals surface area contributed by atoms with Crippen LogP contribution >= 0.6 is 23.1 Å². The lowest BCUT2D eigenvalue weighted by atomic mass is 10.2. The largest absolute Gasteiger partial charge is 0.325 e. The number of benzene rings is 2. The number of anilines is 1. The zero-order valence-corrected chi connectivity index (χ0v) is 16.3. The third kappa shape index (κ3) is 4.03. The first-order valence-corrected chi connectivity index (χ1v) is 10.3. The Kier molecular flexibility index (Phi) is 5.33. The van der Waals surface area contributed by atoms with Gasteiger partial charge in [0.2, 0.25) is 5.91 Å². The minimum atomic E-state index is -0.152. The Labute approximate surface area is 170 Å². The Balaban J connectivity index is 1.55. The minimum absolute atomic E-state index is 0.152. The summed E-state index contributed by atoms with van der Waals surface area (Å²) in [5.74, 6) is 0.723. The third-order valence-corrected chi connectivity index (χ3v) is 5.78. The summed E-state index contributed by atoms with van der Waals surface area (Å²) in [6.07, 6.45) is 0. The minimum Gasteiger partial charge on any atom is -0.325 e. The fraction of sp³-hybridized carbons (Fsp3) is 0.0476. The van der Waals surface area contributed by atoms with Crippen LogP contribution in [0.25, 0.3) is 21.6 Å². The lowest BCUT2D eigenvalue weighted by Crippen LogP contribution is -2.14. The number of carbonyl (C=O) groups excluding carboxylic acids is 1. The molecule has 28 heavy (non-hydrogen) atoms. The Morgan fingerprint density at radius 3 is 2.82 bits per heavy atom. The van der Waals surface area contributed by atoms with Crippen LogP contribution < -0.4 is 5.32 Å². The summed E-state index contributed by atoms with van der Waals surface area (Å²) < 4.78 is 0. The van der Waals surface area contributed by atoms with Crippen LogP contribution in [0, 0.1) is 11.3 Å². The Morgan fingerprint density at radius 2 is 2.00 bits per heavy atom. The summed E-state index contributed by atoms with van der Waals surface area (Å²) in [7, 11) is 0. The predicted molar refractivity (Wildman–Crippen MR) is 113 cm³/mol. The Hall–Kier alpha value is -3.21. The highest BCUT2D eigenvalue weighted by Gasteiger charge is 2.12. The van der Waals surface area contributed by atoms with Crippen molar-refractivity contribution in [1.29, 1.82) is 5.26 Å². The number of amides is 1. The molecule has 4 aromatic rings. The Bertz CT molecular complexity index is 1180. The van der Waals surface area contributed by atoms with Crippen molar-refractivity contribution in [2.45, 2.75) is 5.03 Å². The topological polar surface area (TPSA) is 78.7 Å². The van der Waals surface area contributed by atoms with Crippen LogP contribution in [0.2, 0.25) is 0 Å². The normalized spacial score (nSPS) is 10.5. The first-order valence-electron chi connectivity index (χ1n) is 8.46. The van der Waals surface area contributed by atoms with Crippen LogP contribution in [0.5, 0.6) is 0 Å². The van der Waals surface area contributed by atoms with Gasteiger partial charge in [-0.3, -0.25) is 4.79 Å². The van der Waals surface area contributed by atoms with Gasteiger partial charge in [-0.25, -0.2) is 9.97 Å². The lowest BCUT2D eigenvalue weighted by molar-refractivity contribution is -0.113. The number of nitrogens with zero attached hydrogens (tertiary/aromatic N) is 3. The van der Waals surface area contributed by atoms with Gasteiger partial charge in [0.15, 0.2) is 5.82 Å². The highest BCUT2D eigenvalue weighted by molar-refractivity contribution is 8.00. The van der Waals surface area contributed by atoms with E-state index in [1.165, 1.54) is 11.8 Å². The molecule has 0 unspecified atom stereocenters. The number of fused-ring (bicyclic) bond motifs is 1. The maximum Gasteiger partial charge on any atom is 0.234 e. The van der Waals surface area contributed by atoms with E-state index in [1.54, 1.807) is 35.6 Å². The molecule has 1 amide bonds. The van der Waals surface area contributed by atoms with Crippen LogP contribution in [0.1, 0.15) is 5.56 Å². The molecule has 0 aliphatic heterocycles. The van der Waals surface area contributed by atoms with Crippen molar-refractivity contribution in [3.05, 3.63) is 71.6 Å². The second-order valence-electron chi connectivity index (χ2n) is 5.88. The molecule has 136 valence electrons. The molecule has 0 aliphatic carbocycles. The van der Waals surface area contributed by atoms with Crippen molar-refractivity contribution >= 4 is 45.6 Å². The van der Waals surface area contributed by atoms with Gasteiger partial charge < -0.3 is 5.32 Å². The molecule has 2 aromatic carbocycles. The van der Waals surface area contributed by atoms with Gasteiger partial charge in [0.1, 0.15) is 5.03 Å². The summed E-state index contributed by atoms with van der Waals surface area (Å²) in [6, 6.07) is 20.7. The first-order chi connectivity index (χ1) is 13.7. The van der Waals surface area contributed by atoms with Crippen molar-refractivity contribution in [3.63, 3.8) is 0 Å². The van der Waals surface area contributed by atoms with Crippen molar-refractivity contribution in [2.24, 2.45) is 0 Å². The number of nitrogens with one attached hydrogen (secondary N) is 1. The highest BCUT2D eigenvalue weighted by Crippen LogP contribution is 2.30. The molecule has 0 saturated carbocycles. The predicted octanol–water partition coefficient (Wildman–Crippen LogP) is 4.96. The average molecular weight is 403 g/mol. The lowest BCUT2D eigenvalue weighted by Gasteiger charge is -2.08. The van der Waals surface area contributed by atoms with E-state index in [0.717, 1.165) is 20.8 Å². The maximum atomic E-state index is 12.4. The number of rotatable bonds is 5. The smallest absolute Gasteiger partial charge is 0.234 e. The van der Waals surface area contributed by atoms with E-state index >= 15 is 0 Å². The van der Waals surface area contributed by atoms with E-state index in [-0.39, 0.29) is 11.7 Å². The van der Waals surface area contributed by atoms with Crippen molar-refractivity contribution < 1.29 is 4.79 Å². The number of nitriles is 1. The van der Waals surface area contributed by atoms with E-state index in [2.05, 4.69) is 21.4 Å². The number of carbonyl (C=O) groups is 1. The monoisotopic (exact) mass is 402 g/mol. The highest BCUT2D eigenvalue weighted by atomic mass is 32.2. The number of thiophene rings is 1. The summed E-state index contributed by atoms with van der Waals surface area (Å²) >= 11 is 2.96. The molecule has 0 fully saturated rings. The van der Waals surface area contributed by atoms with Gasteiger partial charge in [0.05, 0.1) is 27.8 Å². The Morgan fingerprint density at radius 1 is 1.11 bits per heavy atom. The van der Waals surface area contributed by atoms with Crippen molar-refractivity contribution in [2.75, 3.05) is 11.1 Å². The van der Waals surface area contributed by atoms with E-state index in [9.17, 15) is 4.79 Å². The molecule has 2 aromatic heterocycles. The molecule has 0 atom stereocenters. The number of para-hydroxylation sites is 1. The van der Waals surface area contributed by atoms with Crippen LogP contribution in [-0.2, 0) is 4.79 Å². The molecular formula is C21H14N4OS2. The van der Waals surface area contributed by atoms with Gasteiger partial charge >= 0.3 is 0 Å². The van der Waals surface area contributed by atoms with Crippen molar-refractivity contribution in [3.8, 4) is 16.8 Å². The van der Waals surface area contributed by atoms with Crippen molar-refractivity contribution in [1.82, 2.24) is 9.97 Å². The van der Waals surface area contributed by atoms with E-state index in [4.69, 9.17) is 5.26 Å². The number of aromatic nitrogens is 2. The molecular weight excluding hydrogens is 388 g/mol. The standard InChI is InChI=1S/C21H14N4OS2/c22-12-14-5-3-6-15(11-14)23-19(26)13-28-21-16-7-1-2-8-17(16)24-20(25-21)18-9-4-10-27-18/h1-11H,13H2,(H,23,26). The zero-order chi connectivity index (χ0) is 19.3. The van der Waals surface area contributed by atoms with Crippen LogP contribution in [0.3, 0.4) is 0 Å². The van der Waals surface area contributed by atoms with Crippen LogP contribution in [0.15, 0.2) is 71.1 Å². The van der Waals surface area contributed by atoms with Gasteiger partial charge in [0.25, 0.3) is 0 Å². The van der Waals surface area contributed by atoms with E-state index in [0.29, 0.717) is 17.1 Å². The quantitative estimate of drug-likeness (QED) is 0.377.